The number of aryl methyl sites for hydroxylation is 1. The minimum atomic E-state index is -0.139. The van der Waals surface area contributed by atoms with Crippen molar-refractivity contribution in [3.63, 3.8) is 0 Å². The van der Waals surface area contributed by atoms with Gasteiger partial charge in [-0.2, -0.15) is 0 Å². The number of carbonyl (C=O) groups excluding carboxylic acids is 1. The second-order valence-electron chi connectivity index (χ2n) is 5.69. The molecule has 1 N–H and O–H groups in total. The Hall–Kier alpha value is -2.37. The van der Waals surface area contributed by atoms with Crippen molar-refractivity contribution in [1.29, 1.82) is 0 Å². The van der Waals surface area contributed by atoms with E-state index in [9.17, 15) is 4.79 Å². The maximum atomic E-state index is 11.8. The second kappa shape index (κ2) is 8.31. The molecule has 0 spiro atoms. The summed E-state index contributed by atoms with van der Waals surface area (Å²) in [5.74, 6) is 0.327. The first-order valence-electron chi connectivity index (χ1n) is 7.92. The Morgan fingerprint density at radius 2 is 2.22 bits per heavy atom. The van der Waals surface area contributed by atoms with Crippen molar-refractivity contribution in [2.24, 2.45) is 0 Å². The summed E-state index contributed by atoms with van der Waals surface area (Å²) in [5, 5.41) is 6.82. The summed E-state index contributed by atoms with van der Waals surface area (Å²) >= 11 is 0. The van der Waals surface area contributed by atoms with E-state index < -0.39 is 0 Å². The van der Waals surface area contributed by atoms with E-state index in [1.165, 1.54) is 6.20 Å². The van der Waals surface area contributed by atoms with Gasteiger partial charge in [0, 0.05) is 18.3 Å². The largest absolute Gasteiger partial charge is 0.473 e. The molecule has 2 aromatic heterocycles. The molecular formula is C17H23N3O3. The first-order chi connectivity index (χ1) is 11.1. The summed E-state index contributed by atoms with van der Waals surface area (Å²) in [6.45, 7) is 6.32. The van der Waals surface area contributed by atoms with E-state index in [2.05, 4.69) is 22.4 Å². The molecule has 6 heteroatoms. The van der Waals surface area contributed by atoms with E-state index in [0.29, 0.717) is 18.1 Å². The van der Waals surface area contributed by atoms with Gasteiger partial charge in [-0.15, -0.1) is 0 Å². The van der Waals surface area contributed by atoms with Gasteiger partial charge in [0.2, 0.25) is 5.88 Å². The number of carbonyl (C=O) groups is 1. The van der Waals surface area contributed by atoms with Gasteiger partial charge >= 0.3 is 0 Å². The van der Waals surface area contributed by atoms with Gasteiger partial charge in [-0.05, 0) is 32.8 Å². The van der Waals surface area contributed by atoms with Crippen LogP contribution in [0.15, 0.2) is 29.1 Å². The van der Waals surface area contributed by atoms with Crippen molar-refractivity contribution in [1.82, 2.24) is 15.5 Å². The van der Waals surface area contributed by atoms with Gasteiger partial charge in [0.25, 0.3) is 5.91 Å². The molecule has 0 bridgehead atoms. The lowest BCUT2D eigenvalue weighted by Crippen LogP contribution is -2.30. The molecule has 0 aromatic carbocycles. The minimum Gasteiger partial charge on any atom is -0.473 e. The van der Waals surface area contributed by atoms with Crippen LogP contribution in [0, 0.1) is 0 Å². The molecule has 2 aromatic rings. The maximum Gasteiger partial charge on any atom is 0.253 e. The molecule has 124 valence electrons. The number of pyridine rings is 1. The number of unbranched alkanes of at least 4 members (excludes halogenated alkanes) is 1. The summed E-state index contributed by atoms with van der Waals surface area (Å²) in [4.78, 5) is 16.0. The Kier molecular flexibility index (Phi) is 6.14. The van der Waals surface area contributed by atoms with Crippen LogP contribution in [0.3, 0.4) is 0 Å². The summed E-state index contributed by atoms with van der Waals surface area (Å²) in [7, 11) is 0. The molecule has 0 atom stereocenters. The highest BCUT2D eigenvalue weighted by atomic mass is 16.5. The number of nitrogens with zero attached hydrogens (tertiary/aromatic N) is 2. The van der Waals surface area contributed by atoms with Crippen molar-refractivity contribution in [2.45, 2.75) is 52.7 Å². The normalized spacial score (nSPS) is 10.8. The molecule has 23 heavy (non-hydrogen) atoms. The number of aromatic nitrogens is 2. The predicted molar refractivity (Wildman–Crippen MR) is 86.3 cm³/mol. The van der Waals surface area contributed by atoms with Crippen LogP contribution in [0.1, 0.15) is 55.2 Å². The Morgan fingerprint density at radius 3 is 2.87 bits per heavy atom. The van der Waals surface area contributed by atoms with Gasteiger partial charge in [-0.1, -0.05) is 18.5 Å². The van der Waals surface area contributed by atoms with Crippen molar-refractivity contribution in [3.8, 4) is 5.88 Å². The quantitative estimate of drug-likeness (QED) is 0.809. The fraction of sp³-hybridized carbons (Fsp3) is 0.471. The maximum absolute atomic E-state index is 11.8. The summed E-state index contributed by atoms with van der Waals surface area (Å²) in [6, 6.07) is 3.48. The van der Waals surface area contributed by atoms with Crippen LogP contribution in [0.2, 0.25) is 0 Å². The van der Waals surface area contributed by atoms with Gasteiger partial charge < -0.3 is 14.6 Å². The summed E-state index contributed by atoms with van der Waals surface area (Å²) < 4.78 is 10.7. The average Bonchev–Trinajstić information content (AvgIpc) is 2.98. The van der Waals surface area contributed by atoms with E-state index in [-0.39, 0.29) is 11.9 Å². The fourth-order valence-corrected chi connectivity index (χ4v) is 2.05. The fourth-order valence-electron chi connectivity index (χ4n) is 2.05. The lowest BCUT2D eigenvalue weighted by atomic mass is 10.1. The Bertz CT molecular complexity index is 620. The molecule has 0 radical (unpaired) electrons. The Morgan fingerprint density at radius 1 is 1.39 bits per heavy atom. The van der Waals surface area contributed by atoms with Crippen LogP contribution in [0.5, 0.6) is 5.88 Å². The summed E-state index contributed by atoms with van der Waals surface area (Å²) in [6.07, 6.45) is 6.17. The number of rotatable bonds is 8. The molecule has 0 aliphatic heterocycles. The van der Waals surface area contributed by atoms with Gasteiger partial charge in [0.1, 0.15) is 12.9 Å². The van der Waals surface area contributed by atoms with E-state index in [1.807, 2.05) is 13.8 Å². The number of ether oxygens (including phenoxy) is 1. The van der Waals surface area contributed by atoms with Crippen molar-refractivity contribution >= 4 is 5.91 Å². The third-order valence-electron chi connectivity index (χ3n) is 3.29. The van der Waals surface area contributed by atoms with E-state index in [0.717, 1.165) is 30.5 Å². The zero-order valence-electron chi connectivity index (χ0n) is 13.8. The number of amides is 1. The van der Waals surface area contributed by atoms with E-state index in [1.54, 1.807) is 18.4 Å². The standard InChI is InChI=1S/C17H23N3O3/c1-4-5-6-15-14(11-23-20-15)10-22-16-8-7-13(9-18-16)17(21)19-12(2)3/h7-9,11-12H,4-6,10H2,1-3H3,(H,19,21). The van der Waals surface area contributed by atoms with Gasteiger partial charge in [0.15, 0.2) is 0 Å². The molecule has 6 nitrogen and oxygen atoms in total. The van der Waals surface area contributed by atoms with Crippen LogP contribution in [-0.4, -0.2) is 22.1 Å². The number of nitrogens with one attached hydrogen (secondary N) is 1. The topological polar surface area (TPSA) is 77.2 Å². The molecule has 1 amide bonds. The Labute approximate surface area is 136 Å². The van der Waals surface area contributed by atoms with Crippen molar-refractivity contribution in [3.05, 3.63) is 41.4 Å². The van der Waals surface area contributed by atoms with Gasteiger partial charge in [-0.25, -0.2) is 4.98 Å². The van der Waals surface area contributed by atoms with Crippen LogP contribution in [-0.2, 0) is 13.0 Å². The second-order valence-corrected chi connectivity index (χ2v) is 5.69. The highest BCUT2D eigenvalue weighted by Crippen LogP contribution is 2.14. The monoisotopic (exact) mass is 317 g/mol. The van der Waals surface area contributed by atoms with Gasteiger partial charge in [0.05, 0.1) is 16.8 Å². The lowest BCUT2D eigenvalue weighted by Gasteiger charge is -2.09. The molecular weight excluding hydrogens is 294 g/mol. The number of hydrogen-bond acceptors (Lipinski definition) is 5. The SMILES string of the molecule is CCCCc1nocc1COc1ccc(C(=O)NC(C)C)cn1. The van der Waals surface area contributed by atoms with Crippen molar-refractivity contribution < 1.29 is 14.1 Å². The zero-order chi connectivity index (χ0) is 16.7. The molecule has 0 aliphatic rings. The first-order valence-corrected chi connectivity index (χ1v) is 7.92. The van der Waals surface area contributed by atoms with Crippen LogP contribution >= 0.6 is 0 Å². The smallest absolute Gasteiger partial charge is 0.253 e. The third-order valence-corrected chi connectivity index (χ3v) is 3.29. The van der Waals surface area contributed by atoms with E-state index >= 15 is 0 Å². The average molecular weight is 317 g/mol. The van der Waals surface area contributed by atoms with Crippen LogP contribution in [0.25, 0.3) is 0 Å². The number of hydrogen-bond donors (Lipinski definition) is 1. The molecule has 0 unspecified atom stereocenters. The van der Waals surface area contributed by atoms with Crippen molar-refractivity contribution in [2.75, 3.05) is 0 Å². The predicted octanol–water partition coefficient (Wildman–Crippen LogP) is 3.13. The molecule has 2 rings (SSSR count). The first kappa shape index (κ1) is 17.0. The highest BCUT2D eigenvalue weighted by molar-refractivity contribution is 5.94. The molecule has 0 fully saturated rings. The van der Waals surface area contributed by atoms with Gasteiger partial charge in [-0.3, -0.25) is 4.79 Å². The molecule has 0 saturated carbocycles. The molecule has 2 heterocycles. The molecule has 0 saturated heterocycles. The Balaban J connectivity index is 1.91. The minimum absolute atomic E-state index is 0.0913. The van der Waals surface area contributed by atoms with Crippen LogP contribution in [0.4, 0.5) is 0 Å². The summed E-state index contributed by atoms with van der Waals surface area (Å²) in [5.41, 5.74) is 2.38. The zero-order valence-corrected chi connectivity index (χ0v) is 13.8. The van der Waals surface area contributed by atoms with Crippen LogP contribution < -0.4 is 10.1 Å². The molecule has 0 aliphatic carbocycles. The lowest BCUT2D eigenvalue weighted by molar-refractivity contribution is 0.0942. The van der Waals surface area contributed by atoms with E-state index in [4.69, 9.17) is 9.26 Å². The highest BCUT2D eigenvalue weighted by Gasteiger charge is 2.10. The third kappa shape index (κ3) is 5.09.